The number of hydrogen-bond acceptors (Lipinski definition) is 4. The first kappa shape index (κ1) is 19.1. The lowest BCUT2D eigenvalue weighted by Gasteiger charge is -2.29. The second-order valence-electron chi connectivity index (χ2n) is 6.97. The zero-order valence-corrected chi connectivity index (χ0v) is 15.9. The van der Waals surface area contributed by atoms with E-state index < -0.39 is 0 Å². The second kappa shape index (κ2) is 8.80. The lowest BCUT2D eigenvalue weighted by Crippen LogP contribution is -2.35. The molecule has 5 nitrogen and oxygen atoms in total. The lowest BCUT2D eigenvalue weighted by atomic mass is 10.0. The molecule has 1 amide bonds. The van der Waals surface area contributed by atoms with E-state index in [1.54, 1.807) is 37.6 Å². The minimum absolute atomic E-state index is 0.0384. The molecule has 27 heavy (non-hydrogen) atoms. The third-order valence-corrected chi connectivity index (χ3v) is 4.97. The number of nitrogens with zero attached hydrogens (tertiary/aromatic N) is 2. The summed E-state index contributed by atoms with van der Waals surface area (Å²) in [6, 6.07) is 13.1. The van der Waals surface area contributed by atoms with Crippen molar-refractivity contribution in [3.63, 3.8) is 0 Å². The van der Waals surface area contributed by atoms with Gasteiger partial charge in [-0.3, -0.25) is 14.6 Å². The smallest absolute Gasteiger partial charge is 0.223 e. The average Bonchev–Trinajstić information content (AvgIpc) is 3.53. The van der Waals surface area contributed by atoms with E-state index in [0.717, 1.165) is 24.3 Å². The summed E-state index contributed by atoms with van der Waals surface area (Å²) < 4.78 is 5.11. The number of Topliss-reactive ketones (excluding diaryl/α,β-unsaturated/α-hetero) is 1. The number of amides is 1. The number of carbonyl (C=O) groups excluding carboxylic acids is 2. The van der Waals surface area contributed by atoms with Crippen molar-refractivity contribution < 1.29 is 14.3 Å². The van der Waals surface area contributed by atoms with Crippen LogP contribution in [0.15, 0.2) is 48.7 Å². The van der Waals surface area contributed by atoms with Gasteiger partial charge in [0.15, 0.2) is 5.78 Å². The Labute approximate surface area is 160 Å². The standard InChI is InChI=1S/C22H26N2O3/c1-16(20-6-3-4-15-23-20)24(18-11-12-18)22(26)8-5-7-21(25)17-9-13-19(27-2)14-10-17/h3-4,6,9-10,13-16,18H,5,7-8,11-12H2,1-2H3. The van der Waals surface area contributed by atoms with E-state index in [1.165, 1.54) is 0 Å². The monoisotopic (exact) mass is 366 g/mol. The highest BCUT2D eigenvalue weighted by atomic mass is 16.5. The molecular weight excluding hydrogens is 340 g/mol. The summed E-state index contributed by atoms with van der Waals surface area (Å²) in [5, 5.41) is 0. The van der Waals surface area contributed by atoms with Gasteiger partial charge in [-0.1, -0.05) is 6.07 Å². The van der Waals surface area contributed by atoms with Crippen LogP contribution in [0, 0.1) is 0 Å². The third-order valence-electron chi connectivity index (χ3n) is 4.97. The molecule has 142 valence electrons. The molecule has 1 aromatic heterocycles. The molecule has 0 bridgehead atoms. The largest absolute Gasteiger partial charge is 0.497 e. The van der Waals surface area contributed by atoms with Gasteiger partial charge in [0.1, 0.15) is 5.75 Å². The molecule has 1 aliphatic carbocycles. The Balaban J connectivity index is 1.54. The van der Waals surface area contributed by atoms with E-state index in [4.69, 9.17) is 4.74 Å². The van der Waals surface area contributed by atoms with Crippen LogP contribution in [0.5, 0.6) is 5.75 Å². The molecule has 0 saturated heterocycles. The Kier molecular flexibility index (Phi) is 6.22. The predicted octanol–water partition coefficient (Wildman–Crippen LogP) is 4.20. The summed E-state index contributed by atoms with van der Waals surface area (Å²) in [6.07, 6.45) is 5.17. The van der Waals surface area contributed by atoms with Crippen LogP contribution < -0.4 is 4.74 Å². The Hall–Kier alpha value is -2.69. The molecule has 1 saturated carbocycles. The molecule has 0 radical (unpaired) electrons. The maximum absolute atomic E-state index is 12.8. The molecule has 0 spiro atoms. The molecule has 0 N–H and O–H groups in total. The van der Waals surface area contributed by atoms with Crippen LogP contribution in [-0.2, 0) is 4.79 Å². The number of carbonyl (C=O) groups is 2. The predicted molar refractivity (Wildman–Crippen MR) is 104 cm³/mol. The Morgan fingerprint density at radius 2 is 1.89 bits per heavy atom. The highest BCUT2D eigenvalue weighted by Gasteiger charge is 2.36. The van der Waals surface area contributed by atoms with Crippen LogP contribution >= 0.6 is 0 Å². The molecule has 1 fully saturated rings. The lowest BCUT2D eigenvalue weighted by molar-refractivity contribution is -0.134. The molecule has 1 aromatic carbocycles. The van der Waals surface area contributed by atoms with E-state index in [9.17, 15) is 9.59 Å². The van der Waals surface area contributed by atoms with Gasteiger partial charge in [0.05, 0.1) is 18.8 Å². The Morgan fingerprint density at radius 3 is 2.48 bits per heavy atom. The number of ketones is 1. The summed E-state index contributed by atoms with van der Waals surface area (Å²) >= 11 is 0. The van der Waals surface area contributed by atoms with Crippen molar-refractivity contribution in [2.45, 2.75) is 51.1 Å². The van der Waals surface area contributed by atoms with Gasteiger partial charge < -0.3 is 9.64 Å². The van der Waals surface area contributed by atoms with Crippen molar-refractivity contribution in [2.24, 2.45) is 0 Å². The highest BCUT2D eigenvalue weighted by Crippen LogP contribution is 2.34. The first-order valence-electron chi connectivity index (χ1n) is 9.49. The zero-order valence-electron chi connectivity index (χ0n) is 15.9. The quantitative estimate of drug-likeness (QED) is 0.624. The van der Waals surface area contributed by atoms with Gasteiger partial charge in [-0.25, -0.2) is 0 Å². The molecule has 3 rings (SSSR count). The number of aromatic nitrogens is 1. The molecule has 2 aromatic rings. The van der Waals surface area contributed by atoms with Crippen molar-refractivity contribution in [1.82, 2.24) is 9.88 Å². The topological polar surface area (TPSA) is 59.5 Å². The van der Waals surface area contributed by atoms with Gasteiger partial charge in [0.2, 0.25) is 5.91 Å². The minimum atomic E-state index is -0.0384. The fraction of sp³-hybridized carbons (Fsp3) is 0.409. The first-order chi connectivity index (χ1) is 13.1. The van der Waals surface area contributed by atoms with E-state index in [1.807, 2.05) is 30.0 Å². The van der Waals surface area contributed by atoms with Crippen LogP contribution in [0.3, 0.4) is 0 Å². The summed E-state index contributed by atoms with van der Waals surface area (Å²) in [5.74, 6) is 0.893. The SMILES string of the molecule is COc1ccc(C(=O)CCCC(=O)N(C2CC2)C(C)c2ccccn2)cc1. The maximum atomic E-state index is 12.8. The molecule has 1 unspecified atom stereocenters. The van der Waals surface area contributed by atoms with Gasteiger partial charge in [-0.15, -0.1) is 0 Å². The van der Waals surface area contributed by atoms with Crippen LogP contribution in [0.25, 0.3) is 0 Å². The number of methoxy groups -OCH3 is 1. The van der Waals surface area contributed by atoms with Crippen molar-refractivity contribution in [2.75, 3.05) is 7.11 Å². The van der Waals surface area contributed by atoms with Crippen LogP contribution in [0.4, 0.5) is 0 Å². The van der Waals surface area contributed by atoms with Gasteiger partial charge >= 0.3 is 0 Å². The van der Waals surface area contributed by atoms with E-state index in [0.29, 0.717) is 30.9 Å². The van der Waals surface area contributed by atoms with E-state index in [2.05, 4.69) is 4.98 Å². The summed E-state index contributed by atoms with van der Waals surface area (Å²) in [4.78, 5) is 31.5. The second-order valence-corrected chi connectivity index (χ2v) is 6.97. The normalized spacial score (nSPS) is 14.4. The molecule has 1 atom stereocenters. The van der Waals surface area contributed by atoms with Gasteiger partial charge in [-0.2, -0.15) is 0 Å². The number of rotatable bonds is 9. The van der Waals surface area contributed by atoms with Crippen molar-refractivity contribution in [3.05, 3.63) is 59.9 Å². The number of hydrogen-bond donors (Lipinski definition) is 0. The van der Waals surface area contributed by atoms with E-state index in [-0.39, 0.29) is 17.7 Å². The maximum Gasteiger partial charge on any atom is 0.223 e. The van der Waals surface area contributed by atoms with Crippen LogP contribution in [0.2, 0.25) is 0 Å². The fourth-order valence-corrected chi connectivity index (χ4v) is 3.30. The van der Waals surface area contributed by atoms with Crippen LogP contribution in [-0.4, -0.2) is 34.7 Å². The number of ether oxygens (including phenoxy) is 1. The summed E-state index contributed by atoms with van der Waals surface area (Å²) in [7, 11) is 1.60. The van der Waals surface area contributed by atoms with Gasteiger partial charge in [0.25, 0.3) is 0 Å². The van der Waals surface area contributed by atoms with Crippen molar-refractivity contribution >= 4 is 11.7 Å². The van der Waals surface area contributed by atoms with Crippen molar-refractivity contribution in [3.8, 4) is 5.75 Å². The molecule has 1 aliphatic rings. The molecule has 1 heterocycles. The number of benzene rings is 1. The zero-order chi connectivity index (χ0) is 19.2. The van der Waals surface area contributed by atoms with Gasteiger partial charge in [-0.05, 0) is 62.6 Å². The third kappa shape index (κ3) is 4.94. The van der Waals surface area contributed by atoms with Gasteiger partial charge in [0, 0.05) is 30.6 Å². The molecular formula is C22H26N2O3. The molecule has 0 aliphatic heterocycles. The van der Waals surface area contributed by atoms with Crippen molar-refractivity contribution in [1.29, 1.82) is 0 Å². The van der Waals surface area contributed by atoms with E-state index >= 15 is 0 Å². The summed E-state index contributed by atoms with van der Waals surface area (Å²) in [5.41, 5.74) is 1.57. The Morgan fingerprint density at radius 1 is 1.15 bits per heavy atom. The van der Waals surface area contributed by atoms with Crippen LogP contribution in [0.1, 0.15) is 61.1 Å². The average molecular weight is 366 g/mol. The highest BCUT2D eigenvalue weighted by molar-refractivity contribution is 5.96. The number of pyridine rings is 1. The first-order valence-corrected chi connectivity index (χ1v) is 9.49. The molecule has 5 heteroatoms. The summed E-state index contributed by atoms with van der Waals surface area (Å²) in [6.45, 7) is 2.03. The minimum Gasteiger partial charge on any atom is -0.497 e. The fourth-order valence-electron chi connectivity index (χ4n) is 3.30. The Bertz CT molecular complexity index is 770.